The van der Waals surface area contributed by atoms with E-state index in [1.807, 2.05) is 24.3 Å². The van der Waals surface area contributed by atoms with Crippen LogP contribution >= 0.6 is 0 Å². The molecule has 162 valence electrons. The fourth-order valence-electron chi connectivity index (χ4n) is 4.05. The summed E-state index contributed by atoms with van der Waals surface area (Å²) in [6.07, 6.45) is 4.33. The SMILES string of the molecule is C[C@H](CN(C)C)Nc1nc(-c2ccncc2)nc2c1CN(Cc1ccccc1F)CC2. The van der Waals surface area contributed by atoms with E-state index in [0.29, 0.717) is 18.9 Å². The first-order valence-electron chi connectivity index (χ1n) is 10.7. The maximum atomic E-state index is 14.2. The van der Waals surface area contributed by atoms with E-state index in [0.717, 1.165) is 47.7 Å². The van der Waals surface area contributed by atoms with E-state index in [1.54, 1.807) is 18.5 Å². The molecule has 0 fully saturated rings. The summed E-state index contributed by atoms with van der Waals surface area (Å²) in [5.74, 6) is 1.42. The number of anilines is 1. The van der Waals surface area contributed by atoms with E-state index in [1.165, 1.54) is 6.07 Å². The average Bonchev–Trinajstić information content (AvgIpc) is 2.75. The minimum absolute atomic E-state index is 0.157. The molecule has 4 rings (SSSR count). The quantitative estimate of drug-likeness (QED) is 0.630. The number of fused-ring (bicyclic) bond motifs is 1. The van der Waals surface area contributed by atoms with Crippen LogP contribution < -0.4 is 5.32 Å². The summed E-state index contributed by atoms with van der Waals surface area (Å²) in [5, 5.41) is 3.60. The molecule has 7 heteroatoms. The lowest BCUT2D eigenvalue weighted by Crippen LogP contribution is -2.34. The Kier molecular flexibility index (Phi) is 6.53. The van der Waals surface area contributed by atoms with Crippen LogP contribution in [0.2, 0.25) is 0 Å². The molecule has 2 aromatic heterocycles. The Morgan fingerprint density at radius 2 is 1.90 bits per heavy atom. The van der Waals surface area contributed by atoms with Crippen LogP contribution in [0.5, 0.6) is 0 Å². The summed E-state index contributed by atoms with van der Waals surface area (Å²) in [4.78, 5) is 18.3. The third-order valence-electron chi connectivity index (χ3n) is 5.45. The maximum Gasteiger partial charge on any atom is 0.161 e. The Labute approximate surface area is 183 Å². The maximum absolute atomic E-state index is 14.2. The van der Waals surface area contributed by atoms with Gasteiger partial charge in [-0.2, -0.15) is 0 Å². The Hall–Kier alpha value is -2.90. The van der Waals surface area contributed by atoms with Crippen molar-refractivity contribution in [3.8, 4) is 11.4 Å². The van der Waals surface area contributed by atoms with Crippen molar-refractivity contribution in [2.24, 2.45) is 0 Å². The highest BCUT2D eigenvalue weighted by Gasteiger charge is 2.24. The van der Waals surface area contributed by atoms with Gasteiger partial charge in [0, 0.05) is 67.7 Å². The molecule has 0 saturated carbocycles. The highest BCUT2D eigenvalue weighted by Crippen LogP contribution is 2.28. The normalized spacial score (nSPS) is 15.0. The number of hydrogen-bond acceptors (Lipinski definition) is 6. The predicted molar refractivity (Wildman–Crippen MR) is 121 cm³/mol. The fourth-order valence-corrected chi connectivity index (χ4v) is 4.05. The zero-order valence-electron chi connectivity index (χ0n) is 18.3. The van der Waals surface area contributed by atoms with Crippen molar-refractivity contribution < 1.29 is 4.39 Å². The number of rotatable bonds is 7. The standard InChI is InChI=1S/C24H29FN6/c1-17(14-30(2)3)27-24-20-16-31(15-19-6-4-5-7-21(19)25)13-10-22(20)28-23(29-24)18-8-11-26-12-9-18/h4-9,11-12,17H,10,13-16H2,1-3H3,(H,27,28,29)/t17-/m1/s1. The molecule has 1 aliphatic heterocycles. The van der Waals surface area contributed by atoms with Crippen molar-refractivity contribution in [3.05, 3.63) is 71.4 Å². The van der Waals surface area contributed by atoms with Crippen LogP contribution in [0.25, 0.3) is 11.4 Å². The van der Waals surface area contributed by atoms with E-state index in [9.17, 15) is 4.39 Å². The van der Waals surface area contributed by atoms with Gasteiger partial charge in [0.1, 0.15) is 11.6 Å². The van der Waals surface area contributed by atoms with Gasteiger partial charge in [0.25, 0.3) is 0 Å². The smallest absolute Gasteiger partial charge is 0.161 e. The number of aromatic nitrogens is 3. The number of nitrogens with zero attached hydrogens (tertiary/aromatic N) is 5. The van der Waals surface area contributed by atoms with E-state index in [4.69, 9.17) is 9.97 Å². The molecule has 6 nitrogen and oxygen atoms in total. The van der Waals surface area contributed by atoms with Crippen LogP contribution in [0.3, 0.4) is 0 Å². The van der Waals surface area contributed by atoms with Gasteiger partial charge in [0.15, 0.2) is 5.82 Å². The Morgan fingerprint density at radius 3 is 2.65 bits per heavy atom. The lowest BCUT2D eigenvalue weighted by atomic mass is 10.0. The molecule has 0 unspecified atom stereocenters. The van der Waals surface area contributed by atoms with Crippen LogP contribution in [0, 0.1) is 5.82 Å². The van der Waals surface area contributed by atoms with E-state index in [2.05, 4.69) is 41.1 Å². The first-order chi connectivity index (χ1) is 15.0. The molecule has 3 heterocycles. The van der Waals surface area contributed by atoms with E-state index >= 15 is 0 Å². The second-order valence-corrected chi connectivity index (χ2v) is 8.42. The van der Waals surface area contributed by atoms with Gasteiger partial charge in [-0.05, 0) is 39.2 Å². The monoisotopic (exact) mass is 420 g/mol. The summed E-state index contributed by atoms with van der Waals surface area (Å²) in [7, 11) is 4.12. The van der Waals surface area contributed by atoms with Crippen LogP contribution in [0.15, 0.2) is 48.8 Å². The van der Waals surface area contributed by atoms with Gasteiger partial charge in [-0.1, -0.05) is 18.2 Å². The van der Waals surface area contributed by atoms with Crippen molar-refractivity contribution in [2.75, 3.05) is 32.5 Å². The second-order valence-electron chi connectivity index (χ2n) is 8.42. The summed E-state index contributed by atoms with van der Waals surface area (Å²) < 4.78 is 14.2. The summed E-state index contributed by atoms with van der Waals surface area (Å²) in [5.41, 5.74) is 3.84. The molecule has 0 amide bonds. The molecule has 1 aromatic carbocycles. The third kappa shape index (κ3) is 5.24. The largest absolute Gasteiger partial charge is 0.366 e. The lowest BCUT2D eigenvalue weighted by Gasteiger charge is -2.31. The van der Waals surface area contributed by atoms with Crippen molar-refractivity contribution >= 4 is 5.82 Å². The van der Waals surface area contributed by atoms with E-state index in [-0.39, 0.29) is 11.9 Å². The molecular weight excluding hydrogens is 391 g/mol. The Morgan fingerprint density at radius 1 is 1.13 bits per heavy atom. The first-order valence-corrected chi connectivity index (χ1v) is 10.7. The topological polar surface area (TPSA) is 57.2 Å². The highest BCUT2D eigenvalue weighted by atomic mass is 19.1. The van der Waals surface area contributed by atoms with E-state index < -0.39 is 0 Å². The number of pyridine rings is 1. The molecule has 0 aliphatic carbocycles. The van der Waals surface area contributed by atoms with Gasteiger partial charge in [0.2, 0.25) is 0 Å². The van der Waals surface area contributed by atoms with Crippen molar-refractivity contribution in [2.45, 2.75) is 32.5 Å². The van der Waals surface area contributed by atoms with Gasteiger partial charge in [-0.25, -0.2) is 14.4 Å². The minimum Gasteiger partial charge on any atom is -0.366 e. The molecule has 0 radical (unpaired) electrons. The highest BCUT2D eigenvalue weighted by molar-refractivity contribution is 5.60. The van der Waals surface area contributed by atoms with Crippen LogP contribution in [0.1, 0.15) is 23.7 Å². The molecule has 0 saturated heterocycles. The summed E-state index contributed by atoms with van der Waals surface area (Å²) >= 11 is 0. The second kappa shape index (κ2) is 9.49. The molecule has 0 bridgehead atoms. The van der Waals surface area contributed by atoms with Crippen LogP contribution in [0.4, 0.5) is 10.2 Å². The van der Waals surface area contributed by atoms with Crippen molar-refractivity contribution in [3.63, 3.8) is 0 Å². The van der Waals surface area contributed by atoms with Gasteiger partial charge in [-0.15, -0.1) is 0 Å². The minimum atomic E-state index is -0.157. The van der Waals surface area contributed by atoms with Crippen LogP contribution in [-0.4, -0.2) is 58.0 Å². The number of halogens is 1. The number of likely N-dealkylation sites (N-methyl/N-ethyl adjacent to an activating group) is 1. The van der Waals surface area contributed by atoms with Gasteiger partial charge < -0.3 is 10.2 Å². The molecule has 31 heavy (non-hydrogen) atoms. The number of hydrogen-bond donors (Lipinski definition) is 1. The Balaban J connectivity index is 1.64. The molecule has 1 aliphatic rings. The molecule has 0 spiro atoms. The molecule has 3 aromatic rings. The van der Waals surface area contributed by atoms with Gasteiger partial charge in [0.05, 0.1) is 5.69 Å². The predicted octanol–water partition coefficient (Wildman–Crippen LogP) is 3.60. The van der Waals surface area contributed by atoms with Crippen LogP contribution in [-0.2, 0) is 19.5 Å². The summed E-state index contributed by atoms with van der Waals surface area (Å²) in [6.45, 7) is 5.14. The molecular formula is C24H29FN6. The lowest BCUT2D eigenvalue weighted by molar-refractivity contribution is 0.240. The first kappa shape index (κ1) is 21.3. The van der Waals surface area contributed by atoms with Gasteiger partial charge in [-0.3, -0.25) is 9.88 Å². The Bertz CT molecular complexity index is 1020. The van der Waals surface area contributed by atoms with Crippen molar-refractivity contribution in [1.82, 2.24) is 24.8 Å². The zero-order valence-corrected chi connectivity index (χ0v) is 18.3. The third-order valence-corrected chi connectivity index (χ3v) is 5.45. The molecule has 1 N–H and O–H groups in total. The molecule has 1 atom stereocenters. The number of nitrogens with one attached hydrogen (secondary N) is 1. The zero-order chi connectivity index (χ0) is 21.8. The number of benzene rings is 1. The summed E-state index contributed by atoms with van der Waals surface area (Å²) in [6, 6.07) is 11.1. The average molecular weight is 421 g/mol. The fraction of sp³-hybridized carbons (Fsp3) is 0.375. The van der Waals surface area contributed by atoms with Crippen molar-refractivity contribution in [1.29, 1.82) is 0 Å². The van der Waals surface area contributed by atoms with Gasteiger partial charge >= 0.3 is 0 Å².